The van der Waals surface area contributed by atoms with E-state index in [9.17, 15) is 13.2 Å². The fourth-order valence-electron chi connectivity index (χ4n) is 3.87. The molecule has 1 N–H and O–H groups in total. The molecular formula is C22H19F3N6O. The van der Waals surface area contributed by atoms with Crippen LogP contribution in [0.5, 0.6) is 5.75 Å². The predicted octanol–water partition coefficient (Wildman–Crippen LogP) is 5.13. The van der Waals surface area contributed by atoms with E-state index in [1.54, 1.807) is 30.1 Å². The fourth-order valence-corrected chi connectivity index (χ4v) is 3.87. The van der Waals surface area contributed by atoms with E-state index < -0.39 is 6.36 Å². The van der Waals surface area contributed by atoms with Gasteiger partial charge < -0.3 is 9.72 Å². The number of pyridine rings is 1. The van der Waals surface area contributed by atoms with Gasteiger partial charge in [0.15, 0.2) is 5.82 Å². The van der Waals surface area contributed by atoms with Gasteiger partial charge in [-0.3, -0.25) is 4.68 Å². The molecule has 0 amide bonds. The van der Waals surface area contributed by atoms with Crippen LogP contribution in [0.25, 0.3) is 39.0 Å². The molecular weight excluding hydrogens is 421 g/mol. The minimum atomic E-state index is -4.73. The van der Waals surface area contributed by atoms with Crippen molar-refractivity contribution in [3.05, 3.63) is 53.5 Å². The third-order valence-electron chi connectivity index (χ3n) is 5.69. The molecule has 0 atom stereocenters. The van der Waals surface area contributed by atoms with Crippen molar-refractivity contribution in [1.29, 1.82) is 0 Å². The SMILES string of the molecule is Cc1nn(-c2cc3[nH]c4c(c(-c5ccc(OC(F)(F)F)cc5)nn4C)c3cn2)c(C)c1C. The van der Waals surface area contributed by atoms with Crippen LogP contribution in [0.15, 0.2) is 36.5 Å². The van der Waals surface area contributed by atoms with Gasteiger partial charge in [-0.1, -0.05) is 0 Å². The molecule has 0 bridgehead atoms. The third-order valence-corrected chi connectivity index (χ3v) is 5.69. The summed E-state index contributed by atoms with van der Waals surface area (Å²) in [6, 6.07) is 7.60. The molecule has 32 heavy (non-hydrogen) atoms. The lowest BCUT2D eigenvalue weighted by atomic mass is 10.1. The molecule has 5 aromatic rings. The van der Waals surface area contributed by atoms with Crippen molar-refractivity contribution >= 4 is 21.9 Å². The van der Waals surface area contributed by atoms with Crippen molar-refractivity contribution < 1.29 is 17.9 Å². The second kappa shape index (κ2) is 6.84. The summed E-state index contributed by atoms with van der Waals surface area (Å²) < 4.78 is 44.9. The van der Waals surface area contributed by atoms with Crippen LogP contribution in [0.3, 0.4) is 0 Å². The number of alkyl halides is 3. The average Bonchev–Trinajstić information content (AvgIpc) is 3.35. The lowest BCUT2D eigenvalue weighted by molar-refractivity contribution is -0.274. The monoisotopic (exact) mass is 440 g/mol. The molecule has 5 rings (SSSR count). The second-order valence-corrected chi connectivity index (χ2v) is 7.69. The highest BCUT2D eigenvalue weighted by Crippen LogP contribution is 2.35. The Balaban J connectivity index is 1.62. The number of nitrogens with zero attached hydrogens (tertiary/aromatic N) is 5. The van der Waals surface area contributed by atoms with Gasteiger partial charge in [-0.2, -0.15) is 10.2 Å². The third kappa shape index (κ3) is 3.19. The van der Waals surface area contributed by atoms with Gasteiger partial charge in [-0.15, -0.1) is 13.2 Å². The Bertz CT molecular complexity index is 1470. The van der Waals surface area contributed by atoms with Gasteiger partial charge in [0.25, 0.3) is 0 Å². The molecule has 0 fully saturated rings. The molecule has 0 radical (unpaired) electrons. The molecule has 0 aliphatic carbocycles. The van der Waals surface area contributed by atoms with Crippen molar-refractivity contribution in [2.24, 2.45) is 7.05 Å². The summed E-state index contributed by atoms with van der Waals surface area (Å²) in [6.07, 6.45) is -2.97. The Hall–Kier alpha value is -3.82. The molecule has 0 spiro atoms. The number of rotatable bonds is 3. The van der Waals surface area contributed by atoms with E-state index in [-0.39, 0.29) is 5.75 Å². The van der Waals surface area contributed by atoms with Crippen molar-refractivity contribution in [3.8, 4) is 22.8 Å². The van der Waals surface area contributed by atoms with E-state index in [1.165, 1.54) is 12.1 Å². The van der Waals surface area contributed by atoms with Crippen LogP contribution in [-0.2, 0) is 7.05 Å². The largest absolute Gasteiger partial charge is 0.573 e. The first-order valence-electron chi connectivity index (χ1n) is 9.86. The number of fused-ring (bicyclic) bond motifs is 3. The Morgan fingerprint density at radius 3 is 2.38 bits per heavy atom. The summed E-state index contributed by atoms with van der Waals surface area (Å²) in [4.78, 5) is 7.99. The number of hydrogen-bond donors (Lipinski definition) is 1. The summed E-state index contributed by atoms with van der Waals surface area (Å²) in [5.41, 5.74) is 6.05. The van der Waals surface area contributed by atoms with Gasteiger partial charge in [0.2, 0.25) is 0 Å². The zero-order valence-corrected chi connectivity index (χ0v) is 17.7. The van der Waals surface area contributed by atoms with E-state index in [0.29, 0.717) is 17.1 Å². The molecule has 0 unspecified atom stereocenters. The van der Waals surface area contributed by atoms with Gasteiger partial charge in [0.1, 0.15) is 17.1 Å². The van der Waals surface area contributed by atoms with Crippen LogP contribution >= 0.6 is 0 Å². The number of nitrogens with one attached hydrogen (secondary N) is 1. The fraction of sp³-hybridized carbons (Fsp3) is 0.227. The van der Waals surface area contributed by atoms with Gasteiger partial charge in [-0.05, 0) is 50.6 Å². The molecule has 0 saturated carbocycles. The highest BCUT2D eigenvalue weighted by atomic mass is 19.4. The number of benzene rings is 1. The Morgan fingerprint density at radius 2 is 1.75 bits per heavy atom. The summed E-state index contributed by atoms with van der Waals surface area (Å²) in [7, 11) is 1.81. The zero-order chi connectivity index (χ0) is 22.8. The highest BCUT2D eigenvalue weighted by molar-refractivity contribution is 6.12. The molecule has 4 aromatic heterocycles. The first kappa shape index (κ1) is 20.1. The zero-order valence-electron chi connectivity index (χ0n) is 17.7. The Morgan fingerprint density at radius 1 is 1.03 bits per heavy atom. The van der Waals surface area contributed by atoms with Crippen molar-refractivity contribution in [3.63, 3.8) is 0 Å². The van der Waals surface area contributed by atoms with Crippen molar-refractivity contribution in [1.82, 2.24) is 29.5 Å². The van der Waals surface area contributed by atoms with Gasteiger partial charge in [0.05, 0.1) is 16.6 Å². The van der Waals surface area contributed by atoms with Crippen LogP contribution in [0.1, 0.15) is 17.0 Å². The number of aromatic nitrogens is 6. The molecule has 10 heteroatoms. The minimum absolute atomic E-state index is 0.279. The standard InChI is InChI=1S/C22H19F3N6O/c1-11-12(2)28-31(13(11)3)18-9-17-16(10-26-18)19-20(29-30(4)21(19)27-17)14-5-7-15(8-6-14)32-22(23,24)25/h5-10,27H,1-4H3. The van der Waals surface area contributed by atoms with E-state index in [4.69, 9.17) is 0 Å². The van der Waals surface area contributed by atoms with E-state index in [1.807, 2.05) is 31.5 Å². The number of aryl methyl sites for hydroxylation is 2. The smallest absolute Gasteiger partial charge is 0.406 e. The number of hydrogen-bond acceptors (Lipinski definition) is 4. The van der Waals surface area contributed by atoms with E-state index in [2.05, 4.69) is 24.9 Å². The minimum Gasteiger partial charge on any atom is -0.406 e. The van der Waals surface area contributed by atoms with Crippen LogP contribution in [0.4, 0.5) is 13.2 Å². The van der Waals surface area contributed by atoms with Crippen LogP contribution in [0, 0.1) is 20.8 Å². The maximum absolute atomic E-state index is 12.5. The van der Waals surface area contributed by atoms with Gasteiger partial charge >= 0.3 is 6.36 Å². The molecule has 1 aromatic carbocycles. The quantitative estimate of drug-likeness (QED) is 0.422. The second-order valence-electron chi connectivity index (χ2n) is 7.69. The number of halogens is 3. The maximum Gasteiger partial charge on any atom is 0.573 e. The normalized spacial score (nSPS) is 12.2. The number of ether oxygens (including phenoxy) is 1. The van der Waals surface area contributed by atoms with Crippen molar-refractivity contribution in [2.75, 3.05) is 0 Å². The topological polar surface area (TPSA) is 73.6 Å². The molecule has 4 heterocycles. The van der Waals surface area contributed by atoms with Gasteiger partial charge in [-0.25, -0.2) is 9.67 Å². The maximum atomic E-state index is 12.5. The summed E-state index contributed by atoms with van der Waals surface area (Å²) >= 11 is 0. The Kier molecular flexibility index (Phi) is 4.30. The Labute approximate surface area is 180 Å². The van der Waals surface area contributed by atoms with Crippen LogP contribution in [0.2, 0.25) is 0 Å². The van der Waals surface area contributed by atoms with Crippen molar-refractivity contribution in [2.45, 2.75) is 27.1 Å². The number of aromatic amines is 1. The lowest BCUT2D eigenvalue weighted by Crippen LogP contribution is -2.16. The molecule has 164 valence electrons. The highest BCUT2D eigenvalue weighted by Gasteiger charge is 2.31. The van der Waals surface area contributed by atoms with Gasteiger partial charge in [0, 0.05) is 36.0 Å². The summed E-state index contributed by atoms with van der Waals surface area (Å²) in [5.74, 6) is 0.416. The molecule has 0 aliphatic heterocycles. The molecule has 0 saturated heterocycles. The first-order chi connectivity index (χ1) is 15.1. The molecule has 0 aliphatic rings. The average molecular weight is 440 g/mol. The first-order valence-corrected chi connectivity index (χ1v) is 9.86. The predicted molar refractivity (Wildman–Crippen MR) is 114 cm³/mol. The van der Waals surface area contributed by atoms with Crippen LogP contribution < -0.4 is 4.74 Å². The molecule has 7 nitrogen and oxygen atoms in total. The lowest BCUT2D eigenvalue weighted by Gasteiger charge is -2.08. The van der Waals surface area contributed by atoms with E-state index >= 15 is 0 Å². The van der Waals surface area contributed by atoms with Crippen LogP contribution in [-0.4, -0.2) is 35.9 Å². The van der Waals surface area contributed by atoms with E-state index in [0.717, 1.165) is 38.9 Å². The number of H-pyrrole nitrogens is 1. The summed E-state index contributed by atoms with van der Waals surface area (Å²) in [6.45, 7) is 5.99. The summed E-state index contributed by atoms with van der Waals surface area (Å²) in [5, 5.41) is 10.8.